The van der Waals surface area contributed by atoms with Gasteiger partial charge in [-0.3, -0.25) is 4.79 Å². The number of aromatic nitrogens is 1. The normalized spacial score (nSPS) is 10.2. The van der Waals surface area contributed by atoms with Gasteiger partial charge >= 0.3 is 0 Å². The van der Waals surface area contributed by atoms with E-state index in [1.165, 1.54) is 6.20 Å². The molecule has 1 aromatic heterocycles. The summed E-state index contributed by atoms with van der Waals surface area (Å²) in [5.41, 5.74) is -0.242. The second-order valence-electron chi connectivity index (χ2n) is 3.41. The topological polar surface area (TPSA) is 42.0 Å². The number of nitrogens with zero attached hydrogens (tertiary/aromatic N) is 1. The third-order valence-electron chi connectivity index (χ3n) is 2.17. The van der Waals surface area contributed by atoms with Crippen LogP contribution in [-0.4, -0.2) is 10.9 Å². The maximum absolute atomic E-state index is 13.4. The summed E-state index contributed by atoms with van der Waals surface area (Å²) in [4.78, 5) is 15.7. The zero-order valence-corrected chi connectivity index (χ0v) is 10.5. The number of carbonyl (C=O) groups is 1. The van der Waals surface area contributed by atoms with Crippen LogP contribution in [-0.2, 0) is 0 Å². The van der Waals surface area contributed by atoms with Gasteiger partial charge in [0.2, 0.25) is 0 Å². The van der Waals surface area contributed by atoms with Gasteiger partial charge in [0, 0.05) is 12.3 Å². The van der Waals surface area contributed by atoms with Gasteiger partial charge in [-0.15, -0.1) is 0 Å². The highest BCUT2D eigenvalue weighted by atomic mass is 79.9. The fraction of sp³-hybridized carbons (Fsp3) is 0. The molecule has 0 aliphatic rings. The Kier molecular flexibility index (Phi) is 3.66. The highest BCUT2D eigenvalue weighted by Gasteiger charge is 2.14. The van der Waals surface area contributed by atoms with Crippen LogP contribution in [0.1, 0.15) is 10.4 Å². The van der Waals surface area contributed by atoms with Crippen molar-refractivity contribution in [3.63, 3.8) is 0 Å². The van der Waals surface area contributed by atoms with Crippen LogP contribution >= 0.6 is 15.9 Å². The SMILES string of the molecule is O=C(Nc1ncccc1Br)c1ccc(F)cc1F. The minimum Gasteiger partial charge on any atom is -0.306 e. The summed E-state index contributed by atoms with van der Waals surface area (Å²) in [6.07, 6.45) is 1.49. The Morgan fingerprint density at radius 1 is 1.28 bits per heavy atom. The number of benzene rings is 1. The van der Waals surface area contributed by atoms with Crippen molar-refractivity contribution in [1.29, 1.82) is 0 Å². The molecule has 1 N–H and O–H groups in total. The lowest BCUT2D eigenvalue weighted by atomic mass is 10.2. The number of hydrogen-bond donors (Lipinski definition) is 1. The van der Waals surface area contributed by atoms with Gasteiger partial charge in [-0.2, -0.15) is 0 Å². The van der Waals surface area contributed by atoms with Gasteiger partial charge in [0.25, 0.3) is 5.91 Å². The molecule has 0 fully saturated rings. The summed E-state index contributed by atoms with van der Waals surface area (Å²) < 4.78 is 26.7. The molecule has 1 aromatic carbocycles. The number of pyridine rings is 1. The van der Waals surface area contributed by atoms with Gasteiger partial charge in [0.05, 0.1) is 10.0 Å². The Balaban J connectivity index is 2.25. The molecule has 18 heavy (non-hydrogen) atoms. The van der Waals surface area contributed by atoms with Crippen LogP contribution in [0.5, 0.6) is 0 Å². The van der Waals surface area contributed by atoms with Crippen molar-refractivity contribution < 1.29 is 13.6 Å². The van der Waals surface area contributed by atoms with E-state index in [1.54, 1.807) is 12.1 Å². The van der Waals surface area contributed by atoms with E-state index >= 15 is 0 Å². The zero-order chi connectivity index (χ0) is 13.1. The minimum absolute atomic E-state index is 0.242. The van der Waals surface area contributed by atoms with E-state index < -0.39 is 17.5 Å². The largest absolute Gasteiger partial charge is 0.306 e. The van der Waals surface area contributed by atoms with Crippen LogP contribution in [0.25, 0.3) is 0 Å². The number of carbonyl (C=O) groups excluding carboxylic acids is 1. The molecule has 0 saturated heterocycles. The molecule has 0 unspecified atom stereocenters. The van der Waals surface area contributed by atoms with Crippen LogP contribution in [0, 0.1) is 11.6 Å². The summed E-state index contributed by atoms with van der Waals surface area (Å²) in [5, 5.41) is 2.43. The molecule has 2 rings (SSSR count). The van der Waals surface area contributed by atoms with Crippen molar-refractivity contribution in [3.05, 3.63) is 58.2 Å². The van der Waals surface area contributed by atoms with E-state index in [2.05, 4.69) is 26.2 Å². The highest BCUT2D eigenvalue weighted by Crippen LogP contribution is 2.19. The predicted molar refractivity (Wildman–Crippen MR) is 66.2 cm³/mol. The van der Waals surface area contributed by atoms with E-state index in [9.17, 15) is 13.6 Å². The van der Waals surface area contributed by atoms with E-state index in [-0.39, 0.29) is 11.4 Å². The summed E-state index contributed by atoms with van der Waals surface area (Å²) in [6.45, 7) is 0. The first-order valence-electron chi connectivity index (χ1n) is 4.95. The van der Waals surface area contributed by atoms with E-state index in [1.807, 2.05) is 0 Å². The van der Waals surface area contributed by atoms with E-state index in [0.717, 1.165) is 12.1 Å². The fourth-order valence-corrected chi connectivity index (χ4v) is 1.68. The Hall–Kier alpha value is -1.82. The highest BCUT2D eigenvalue weighted by molar-refractivity contribution is 9.10. The molecule has 3 nitrogen and oxygen atoms in total. The second kappa shape index (κ2) is 5.22. The Morgan fingerprint density at radius 2 is 2.06 bits per heavy atom. The van der Waals surface area contributed by atoms with Crippen LogP contribution in [0.3, 0.4) is 0 Å². The molecule has 0 radical (unpaired) electrons. The van der Waals surface area contributed by atoms with Crippen molar-refractivity contribution in [2.75, 3.05) is 5.32 Å². The van der Waals surface area contributed by atoms with Crippen LogP contribution in [0.4, 0.5) is 14.6 Å². The first kappa shape index (κ1) is 12.6. The first-order valence-corrected chi connectivity index (χ1v) is 5.74. The smallest absolute Gasteiger partial charge is 0.259 e. The molecule has 92 valence electrons. The molecule has 1 amide bonds. The van der Waals surface area contributed by atoms with Gasteiger partial charge in [0.15, 0.2) is 0 Å². The molecule has 0 bridgehead atoms. The molecule has 6 heteroatoms. The molecule has 2 aromatic rings. The lowest BCUT2D eigenvalue weighted by Gasteiger charge is -2.06. The lowest BCUT2D eigenvalue weighted by molar-refractivity contribution is 0.102. The monoisotopic (exact) mass is 312 g/mol. The Labute approximate surface area is 110 Å². The van der Waals surface area contributed by atoms with Crippen molar-refractivity contribution in [2.45, 2.75) is 0 Å². The lowest BCUT2D eigenvalue weighted by Crippen LogP contribution is -2.15. The van der Waals surface area contributed by atoms with Crippen LogP contribution in [0.2, 0.25) is 0 Å². The van der Waals surface area contributed by atoms with E-state index in [4.69, 9.17) is 0 Å². The van der Waals surface area contributed by atoms with Gasteiger partial charge in [-0.1, -0.05) is 0 Å². The van der Waals surface area contributed by atoms with Crippen molar-refractivity contribution in [1.82, 2.24) is 4.98 Å². The summed E-state index contributed by atoms with van der Waals surface area (Å²) >= 11 is 3.20. The maximum Gasteiger partial charge on any atom is 0.259 e. The molecule has 0 aliphatic heterocycles. The molecule has 0 atom stereocenters. The zero-order valence-electron chi connectivity index (χ0n) is 8.95. The second-order valence-corrected chi connectivity index (χ2v) is 4.27. The van der Waals surface area contributed by atoms with Crippen molar-refractivity contribution >= 4 is 27.7 Å². The van der Waals surface area contributed by atoms with Crippen molar-refractivity contribution in [3.8, 4) is 0 Å². The standard InChI is InChI=1S/C12H7BrF2N2O/c13-9-2-1-5-16-11(9)17-12(18)8-4-3-7(14)6-10(8)15/h1-6H,(H,16,17,18). The number of hydrogen-bond acceptors (Lipinski definition) is 2. The summed E-state index contributed by atoms with van der Waals surface area (Å²) in [7, 11) is 0. The van der Waals surface area contributed by atoms with E-state index in [0.29, 0.717) is 10.5 Å². The first-order chi connectivity index (χ1) is 8.58. The number of halogens is 3. The van der Waals surface area contributed by atoms with Gasteiger partial charge in [-0.25, -0.2) is 13.8 Å². The molecular formula is C12H7BrF2N2O. The fourth-order valence-electron chi connectivity index (χ4n) is 1.33. The third kappa shape index (κ3) is 2.70. The number of rotatable bonds is 2. The maximum atomic E-state index is 13.4. The van der Waals surface area contributed by atoms with Gasteiger partial charge < -0.3 is 5.32 Å². The average Bonchev–Trinajstić information content (AvgIpc) is 2.32. The minimum atomic E-state index is -0.917. The molecule has 1 heterocycles. The number of nitrogens with one attached hydrogen (secondary N) is 1. The average molecular weight is 313 g/mol. The van der Waals surface area contributed by atoms with Gasteiger partial charge in [0.1, 0.15) is 17.5 Å². The van der Waals surface area contributed by atoms with Gasteiger partial charge in [-0.05, 0) is 40.2 Å². The summed E-state index contributed by atoms with van der Waals surface area (Å²) in [6, 6.07) is 6.12. The van der Waals surface area contributed by atoms with Crippen LogP contribution < -0.4 is 5.32 Å². The Morgan fingerprint density at radius 3 is 2.72 bits per heavy atom. The molecule has 0 saturated carbocycles. The number of anilines is 1. The molecule has 0 aliphatic carbocycles. The number of amides is 1. The molecular weight excluding hydrogens is 306 g/mol. The van der Waals surface area contributed by atoms with Crippen LogP contribution in [0.15, 0.2) is 41.0 Å². The summed E-state index contributed by atoms with van der Waals surface area (Å²) in [5.74, 6) is -2.07. The third-order valence-corrected chi connectivity index (χ3v) is 2.81. The molecule has 0 spiro atoms. The van der Waals surface area contributed by atoms with Crippen molar-refractivity contribution in [2.24, 2.45) is 0 Å². The predicted octanol–water partition coefficient (Wildman–Crippen LogP) is 3.37. The quantitative estimate of drug-likeness (QED) is 0.923. The Bertz CT molecular complexity index is 604.